The van der Waals surface area contributed by atoms with Crippen molar-refractivity contribution in [3.63, 3.8) is 0 Å². The highest BCUT2D eigenvalue weighted by atomic mass is 16.2. The second-order valence-electron chi connectivity index (χ2n) is 8.83. The molecule has 4 rings (SSSR count). The van der Waals surface area contributed by atoms with Crippen LogP contribution in [0.15, 0.2) is 72.3 Å². The van der Waals surface area contributed by atoms with Crippen molar-refractivity contribution in [3.05, 3.63) is 83.4 Å². The van der Waals surface area contributed by atoms with E-state index in [1.54, 1.807) is 4.90 Å². The van der Waals surface area contributed by atoms with E-state index in [-0.39, 0.29) is 17.7 Å². The van der Waals surface area contributed by atoms with Gasteiger partial charge in [-0.15, -0.1) is 0 Å². The molecule has 0 spiro atoms. The van der Waals surface area contributed by atoms with Crippen LogP contribution in [0.3, 0.4) is 0 Å². The Morgan fingerprint density at radius 1 is 0.781 bits per heavy atom. The maximum atomic E-state index is 11.9. The number of carbonyl (C=O) groups is 3. The SMILES string of the molecule is CC(C)=C[C@H]1CC(=O)N(Cc2ccccc2)C1.O=C[C@H]1CC(=O)N(Cc2ccccc2)C1. The molecule has 2 fully saturated rings. The van der Waals surface area contributed by atoms with Crippen molar-refractivity contribution < 1.29 is 14.4 Å². The van der Waals surface area contributed by atoms with Crippen molar-refractivity contribution in [2.45, 2.75) is 39.8 Å². The summed E-state index contributed by atoms with van der Waals surface area (Å²) >= 11 is 0. The van der Waals surface area contributed by atoms with Crippen molar-refractivity contribution in [1.29, 1.82) is 0 Å². The molecule has 0 aliphatic carbocycles. The standard InChI is InChI=1S/C15H19NO.C12H13NO2/c1-12(2)8-14-9-15(17)16(11-14)10-13-6-4-3-5-7-13;14-9-11-6-12(15)13(8-11)7-10-4-2-1-3-5-10/h3-8,14H,9-11H2,1-2H3;1-5,9,11H,6-8H2/t14-;11-/m00/s1. The van der Waals surface area contributed by atoms with Gasteiger partial charge in [-0.05, 0) is 25.0 Å². The Bertz CT molecular complexity index is 936. The van der Waals surface area contributed by atoms with Crippen molar-refractivity contribution in [3.8, 4) is 0 Å². The molecule has 0 unspecified atom stereocenters. The van der Waals surface area contributed by atoms with Crippen LogP contribution >= 0.6 is 0 Å². The Kier molecular flexibility index (Phi) is 8.37. The molecule has 2 saturated heterocycles. The van der Waals surface area contributed by atoms with E-state index in [9.17, 15) is 14.4 Å². The number of aldehydes is 1. The van der Waals surface area contributed by atoms with Gasteiger partial charge in [0.15, 0.2) is 0 Å². The predicted octanol–water partition coefficient (Wildman–Crippen LogP) is 4.24. The molecule has 32 heavy (non-hydrogen) atoms. The van der Waals surface area contributed by atoms with E-state index in [0.717, 1.165) is 24.9 Å². The quantitative estimate of drug-likeness (QED) is 0.507. The Balaban J connectivity index is 0.000000182. The summed E-state index contributed by atoms with van der Waals surface area (Å²) in [5, 5.41) is 0. The lowest BCUT2D eigenvalue weighted by atomic mass is 10.1. The second kappa shape index (κ2) is 11.4. The largest absolute Gasteiger partial charge is 0.338 e. The number of rotatable bonds is 6. The molecule has 2 aliphatic rings. The van der Waals surface area contributed by atoms with Gasteiger partial charge in [0.2, 0.25) is 11.8 Å². The zero-order valence-electron chi connectivity index (χ0n) is 18.9. The summed E-state index contributed by atoms with van der Waals surface area (Å²) in [6, 6.07) is 20.0. The van der Waals surface area contributed by atoms with Crippen molar-refractivity contribution in [2.75, 3.05) is 13.1 Å². The van der Waals surface area contributed by atoms with E-state index in [1.165, 1.54) is 11.1 Å². The fourth-order valence-electron chi connectivity index (χ4n) is 4.19. The number of nitrogens with zero attached hydrogens (tertiary/aromatic N) is 2. The Hall–Kier alpha value is -3.21. The topological polar surface area (TPSA) is 57.7 Å². The zero-order valence-corrected chi connectivity index (χ0v) is 18.9. The molecule has 5 nitrogen and oxygen atoms in total. The molecule has 2 aromatic carbocycles. The Morgan fingerprint density at radius 2 is 1.22 bits per heavy atom. The third-order valence-corrected chi connectivity index (χ3v) is 5.68. The first kappa shape index (κ1) is 23.5. The zero-order chi connectivity index (χ0) is 22.9. The van der Waals surface area contributed by atoms with Crippen LogP contribution < -0.4 is 0 Å². The maximum absolute atomic E-state index is 11.9. The Labute approximate surface area is 190 Å². The lowest BCUT2D eigenvalue weighted by Crippen LogP contribution is -2.24. The van der Waals surface area contributed by atoms with Crippen LogP contribution in [0.25, 0.3) is 0 Å². The molecular weight excluding hydrogens is 400 g/mol. The van der Waals surface area contributed by atoms with E-state index in [4.69, 9.17) is 0 Å². The van der Waals surface area contributed by atoms with Crippen molar-refractivity contribution in [2.24, 2.45) is 11.8 Å². The minimum absolute atomic E-state index is 0.0796. The number of carbonyl (C=O) groups excluding carboxylic acids is 3. The highest BCUT2D eigenvalue weighted by Crippen LogP contribution is 2.22. The van der Waals surface area contributed by atoms with E-state index in [2.05, 4.69) is 32.1 Å². The molecule has 168 valence electrons. The van der Waals surface area contributed by atoms with Crippen LogP contribution in [0.1, 0.15) is 37.8 Å². The number of allylic oxidation sites excluding steroid dienone is 1. The predicted molar refractivity (Wildman–Crippen MR) is 125 cm³/mol. The van der Waals surface area contributed by atoms with Gasteiger partial charge in [-0.3, -0.25) is 9.59 Å². The van der Waals surface area contributed by atoms with Gasteiger partial charge in [0.25, 0.3) is 0 Å². The van der Waals surface area contributed by atoms with E-state index in [0.29, 0.717) is 31.8 Å². The first-order valence-corrected chi connectivity index (χ1v) is 11.2. The number of hydrogen-bond acceptors (Lipinski definition) is 3. The Morgan fingerprint density at radius 3 is 1.62 bits per heavy atom. The first-order valence-electron chi connectivity index (χ1n) is 11.2. The molecule has 2 aliphatic heterocycles. The summed E-state index contributed by atoms with van der Waals surface area (Å²) in [5.74, 6) is 0.643. The van der Waals surface area contributed by atoms with Crippen molar-refractivity contribution >= 4 is 18.1 Å². The summed E-state index contributed by atoms with van der Waals surface area (Å²) < 4.78 is 0. The lowest BCUT2D eigenvalue weighted by molar-refractivity contribution is -0.129. The molecule has 2 heterocycles. The van der Waals surface area contributed by atoms with Gasteiger partial charge in [-0.25, -0.2) is 0 Å². The minimum Gasteiger partial charge on any atom is -0.338 e. The van der Waals surface area contributed by atoms with Gasteiger partial charge >= 0.3 is 0 Å². The number of amides is 2. The minimum atomic E-state index is -0.110. The first-order chi connectivity index (χ1) is 15.4. The van der Waals surface area contributed by atoms with Crippen LogP contribution in [-0.2, 0) is 27.5 Å². The summed E-state index contributed by atoms with van der Waals surface area (Å²) in [5.41, 5.74) is 3.61. The van der Waals surface area contributed by atoms with Gasteiger partial charge in [0.05, 0.1) is 0 Å². The van der Waals surface area contributed by atoms with Gasteiger partial charge in [0.1, 0.15) is 6.29 Å². The van der Waals surface area contributed by atoms with E-state index in [1.807, 2.05) is 53.4 Å². The van der Waals surface area contributed by atoms with Crippen LogP contribution in [0, 0.1) is 11.8 Å². The average molecular weight is 433 g/mol. The molecule has 0 saturated carbocycles. The number of hydrogen-bond donors (Lipinski definition) is 0. The molecule has 0 bridgehead atoms. The van der Waals surface area contributed by atoms with Crippen LogP contribution in [0.2, 0.25) is 0 Å². The van der Waals surface area contributed by atoms with Gasteiger partial charge in [-0.1, -0.05) is 72.3 Å². The van der Waals surface area contributed by atoms with Gasteiger partial charge in [0, 0.05) is 50.9 Å². The summed E-state index contributed by atoms with van der Waals surface area (Å²) in [7, 11) is 0. The van der Waals surface area contributed by atoms with Crippen LogP contribution in [-0.4, -0.2) is 41.0 Å². The third-order valence-electron chi connectivity index (χ3n) is 5.68. The summed E-state index contributed by atoms with van der Waals surface area (Å²) in [6.45, 7) is 6.96. The monoisotopic (exact) mass is 432 g/mol. The maximum Gasteiger partial charge on any atom is 0.223 e. The van der Waals surface area contributed by atoms with Crippen LogP contribution in [0.5, 0.6) is 0 Å². The molecule has 0 radical (unpaired) electrons. The highest BCUT2D eigenvalue weighted by Gasteiger charge is 2.29. The highest BCUT2D eigenvalue weighted by molar-refractivity contribution is 5.82. The lowest BCUT2D eigenvalue weighted by Gasteiger charge is -2.16. The third kappa shape index (κ3) is 6.91. The smallest absolute Gasteiger partial charge is 0.223 e. The van der Waals surface area contributed by atoms with Gasteiger partial charge < -0.3 is 14.6 Å². The molecule has 2 amide bonds. The molecule has 2 aromatic rings. The molecule has 0 aromatic heterocycles. The normalized spacial score (nSPS) is 20.1. The van der Waals surface area contributed by atoms with E-state index >= 15 is 0 Å². The second-order valence-corrected chi connectivity index (χ2v) is 8.83. The summed E-state index contributed by atoms with van der Waals surface area (Å²) in [4.78, 5) is 37.7. The molecule has 0 N–H and O–H groups in total. The van der Waals surface area contributed by atoms with Crippen LogP contribution in [0.4, 0.5) is 0 Å². The molecule has 2 atom stereocenters. The van der Waals surface area contributed by atoms with Gasteiger partial charge in [-0.2, -0.15) is 0 Å². The number of benzene rings is 2. The fraction of sp³-hybridized carbons (Fsp3) is 0.370. The molecular formula is C27H32N2O3. The molecule has 5 heteroatoms. The van der Waals surface area contributed by atoms with E-state index < -0.39 is 0 Å². The fourth-order valence-corrected chi connectivity index (χ4v) is 4.19. The average Bonchev–Trinajstić information content (AvgIpc) is 3.31. The number of likely N-dealkylation sites (tertiary alicyclic amines) is 2. The summed E-state index contributed by atoms with van der Waals surface area (Å²) in [6.07, 6.45) is 4.13. The van der Waals surface area contributed by atoms with Crippen molar-refractivity contribution in [1.82, 2.24) is 9.80 Å².